The Morgan fingerprint density at radius 1 is 1.53 bits per heavy atom. The van der Waals surface area contributed by atoms with Crippen molar-refractivity contribution in [3.05, 3.63) is 33.4 Å². The number of pyridine rings is 1. The maximum atomic E-state index is 10.9. The quantitative estimate of drug-likeness (QED) is 0.923. The van der Waals surface area contributed by atoms with Gasteiger partial charge in [0.15, 0.2) is 0 Å². The van der Waals surface area contributed by atoms with Gasteiger partial charge in [-0.1, -0.05) is 11.6 Å². The van der Waals surface area contributed by atoms with Gasteiger partial charge in [-0.2, -0.15) is 0 Å². The SMILES string of the molecule is COc1ccc(Br)c2nc(C(=O)O)cc(Cl)c12. The lowest BCUT2D eigenvalue weighted by Crippen LogP contribution is -2.01. The zero-order valence-electron chi connectivity index (χ0n) is 8.70. The Balaban J connectivity index is 2.89. The molecule has 0 saturated heterocycles. The van der Waals surface area contributed by atoms with Crippen LogP contribution in [0.25, 0.3) is 10.9 Å². The fourth-order valence-corrected chi connectivity index (χ4v) is 2.22. The molecule has 1 N–H and O–H groups in total. The van der Waals surface area contributed by atoms with Crippen molar-refractivity contribution in [1.29, 1.82) is 0 Å². The van der Waals surface area contributed by atoms with Gasteiger partial charge in [-0.05, 0) is 34.1 Å². The number of carbonyl (C=O) groups is 1. The molecule has 2 aromatic rings. The number of ether oxygens (including phenoxy) is 1. The van der Waals surface area contributed by atoms with Crippen molar-refractivity contribution in [3.8, 4) is 5.75 Å². The molecule has 1 aromatic carbocycles. The molecule has 17 heavy (non-hydrogen) atoms. The second kappa shape index (κ2) is 4.50. The lowest BCUT2D eigenvalue weighted by atomic mass is 10.2. The number of benzene rings is 1. The van der Waals surface area contributed by atoms with E-state index >= 15 is 0 Å². The number of rotatable bonds is 2. The standard InChI is InChI=1S/C11H7BrClNO3/c1-17-8-3-2-5(12)10-9(8)6(13)4-7(14-10)11(15)16/h2-4H,1H3,(H,15,16). The van der Waals surface area contributed by atoms with Crippen LogP contribution in [0.2, 0.25) is 5.02 Å². The van der Waals surface area contributed by atoms with E-state index in [9.17, 15) is 4.79 Å². The maximum Gasteiger partial charge on any atom is 0.354 e. The highest BCUT2D eigenvalue weighted by Crippen LogP contribution is 2.35. The smallest absolute Gasteiger partial charge is 0.354 e. The molecule has 1 heterocycles. The zero-order valence-corrected chi connectivity index (χ0v) is 11.0. The summed E-state index contributed by atoms with van der Waals surface area (Å²) in [6, 6.07) is 4.78. The molecule has 6 heteroatoms. The molecule has 0 amide bonds. The van der Waals surface area contributed by atoms with Crippen LogP contribution < -0.4 is 4.74 Å². The summed E-state index contributed by atoms with van der Waals surface area (Å²) in [5.41, 5.74) is 0.366. The van der Waals surface area contributed by atoms with Gasteiger partial charge in [0, 0.05) is 4.47 Å². The van der Waals surface area contributed by atoms with Crippen molar-refractivity contribution in [1.82, 2.24) is 4.98 Å². The summed E-state index contributed by atoms with van der Waals surface area (Å²) in [7, 11) is 1.52. The first-order valence-corrected chi connectivity index (χ1v) is 5.77. The third kappa shape index (κ3) is 2.08. The van der Waals surface area contributed by atoms with Crippen LogP contribution in [0.1, 0.15) is 10.5 Å². The van der Waals surface area contributed by atoms with Crippen molar-refractivity contribution in [2.75, 3.05) is 7.11 Å². The summed E-state index contributed by atoms with van der Waals surface area (Å²) in [4.78, 5) is 14.9. The van der Waals surface area contributed by atoms with Gasteiger partial charge in [0.05, 0.1) is 23.0 Å². The largest absolute Gasteiger partial charge is 0.496 e. The third-order valence-corrected chi connectivity index (χ3v) is 3.20. The number of nitrogens with zero attached hydrogens (tertiary/aromatic N) is 1. The molecule has 0 radical (unpaired) electrons. The summed E-state index contributed by atoms with van der Waals surface area (Å²) < 4.78 is 5.84. The van der Waals surface area contributed by atoms with Crippen LogP contribution in [0.15, 0.2) is 22.7 Å². The second-order valence-electron chi connectivity index (χ2n) is 3.27. The van der Waals surface area contributed by atoms with Gasteiger partial charge < -0.3 is 9.84 Å². The van der Waals surface area contributed by atoms with Crippen molar-refractivity contribution in [3.63, 3.8) is 0 Å². The van der Waals surface area contributed by atoms with Crippen LogP contribution >= 0.6 is 27.5 Å². The van der Waals surface area contributed by atoms with E-state index in [1.54, 1.807) is 12.1 Å². The van der Waals surface area contributed by atoms with Gasteiger partial charge in [-0.3, -0.25) is 0 Å². The Morgan fingerprint density at radius 3 is 2.82 bits per heavy atom. The number of hydrogen-bond acceptors (Lipinski definition) is 3. The van der Waals surface area contributed by atoms with E-state index < -0.39 is 5.97 Å². The molecule has 1 aromatic heterocycles. The van der Waals surface area contributed by atoms with E-state index in [-0.39, 0.29) is 5.69 Å². The van der Waals surface area contributed by atoms with Crippen LogP contribution in [-0.4, -0.2) is 23.2 Å². The fourth-order valence-electron chi connectivity index (χ4n) is 1.51. The molecule has 0 aliphatic rings. The van der Waals surface area contributed by atoms with E-state index in [0.29, 0.717) is 26.1 Å². The molecule has 0 aliphatic carbocycles. The van der Waals surface area contributed by atoms with Gasteiger partial charge in [-0.15, -0.1) is 0 Å². The molecule has 2 rings (SSSR count). The first-order chi connectivity index (χ1) is 8.04. The average Bonchev–Trinajstić information content (AvgIpc) is 2.30. The molecule has 0 aliphatic heterocycles. The second-order valence-corrected chi connectivity index (χ2v) is 4.53. The summed E-state index contributed by atoms with van der Waals surface area (Å²) in [6.45, 7) is 0. The Bertz CT molecular complexity index is 615. The zero-order chi connectivity index (χ0) is 12.6. The van der Waals surface area contributed by atoms with Crippen molar-refractivity contribution in [2.24, 2.45) is 0 Å². The number of aromatic nitrogens is 1. The van der Waals surface area contributed by atoms with E-state index in [0.717, 1.165) is 0 Å². The highest BCUT2D eigenvalue weighted by Gasteiger charge is 2.15. The molecule has 0 saturated carbocycles. The molecule has 0 atom stereocenters. The minimum absolute atomic E-state index is 0.101. The summed E-state index contributed by atoms with van der Waals surface area (Å²) in [5.74, 6) is -0.568. The molecule has 0 spiro atoms. The fraction of sp³-hybridized carbons (Fsp3) is 0.0909. The highest BCUT2D eigenvalue weighted by atomic mass is 79.9. The van der Waals surface area contributed by atoms with Gasteiger partial charge in [-0.25, -0.2) is 9.78 Å². The number of methoxy groups -OCH3 is 1. The lowest BCUT2D eigenvalue weighted by molar-refractivity contribution is 0.0691. The van der Waals surface area contributed by atoms with E-state index in [1.165, 1.54) is 13.2 Å². The number of halogens is 2. The van der Waals surface area contributed by atoms with Gasteiger partial charge in [0.25, 0.3) is 0 Å². The maximum absolute atomic E-state index is 10.9. The molecule has 0 fully saturated rings. The number of hydrogen-bond donors (Lipinski definition) is 1. The number of carboxylic acid groups (broad SMARTS) is 1. The Morgan fingerprint density at radius 2 is 2.24 bits per heavy atom. The molecular formula is C11H7BrClNO3. The summed E-state index contributed by atoms with van der Waals surface area (Å²) in [5, 5.41) is 9.81. The van der Waals surface area contributed by atoms with Gasteiger partial charge in [0.2, 0.25) is 0 Å². The number of aromatic carboxylic acids is 1. The van der Waals surface area contributed by atoms with Crippen molar-refractivity contribution >= 4 is 44.4 Å². The molecule has 0 bridgehead atoms. The first-order valence-electron chi connectivity index (χ1n) is 4.60. The summed E-state index contributed by atoms with van der Waals surface area (Å²) in [6.07, 6.45) is 0. The Hall–Kier alpha value is -1.33. The molecular weight excluding hydrogens is 309 g/mol. The van der Waals surface area contributed by atoms with Gasteiger partial charge >= 0.3 is 5.97 Å². The predicted molar refractivity (Wildman–Crippen MR) is 68.0 cm³/mol. The topological polar surface area (TPSA) is 59.4 Å². The average molecular weight is 317 g/mol. The summed E-state index contributed by atoms with van der Waals surface area (Å²) >= 11 is 9.37. The van der Waals surface area contributed by atoms with Crippen LogP contribution in [0.3, 0.4) is 0 Å². The van der Waals surface area contributed by atoms with Gasteiger partial charge in [0.1, 0.15) is 11.4 Å². The normalized spacial score (nSPS) is 10.5. The highest BCUT2D eigenvalue weighted by molar-refractivity contribution is 9.10. The third-order valence-electron chi connectivity index (χ3n) is 2.26. The predicted octanol–water partition coefficient (Wildman–Crippen LogP) is 3.36. The van der Waals surface area contributed by atoms with E-state index in [4.69, 9.17) is 21.4 Å². The molecule has 4 nitrogen and oxygen atoms in total. The number of fused-ring (bicyclic) bond motifs is 1. The van der Waals surface area contributed by atoms with E-state index in [1.807, 2.05) is 0 Å². The number of carboxylic acids is 1. The van der Waals surface area contributed by atoms with Crippen LogP contribution in [0.4, 0.5) is 0 Å². The first kappa shape index (κ1) is 12.1. The monoisotopic (exact) mass is 315 g/mol. The molecule has 88 valence electrons. The minimum atomic E-state index is -1.12. The molecule has 0 unspecified atom stereocenters. The lowest BCUT2D eigenvalue weighted by Gasteiger charge is -2.08. The van der Waals surface area contributed by atoms with Crippen LogP contribution in [0.5, 0.6) is 5.75 Å². The van der Waals surface area contributed by atoms with Crippen molar-refractivity contribution < 1.29 is 14.6 Å². The van der Waals surface area contributed by atoms with Crippen molar-refractivity contribution in [2.45, 2.75) is 0 Å². The van der Waals surface area contributed by atoms with Crippen LogP contribution in [0, 0.1) is 0 Å². The Kier molecular flexibility index (Phi) is 3.22. The van der Waals surface area contributed by atoms with Crippen LogP contribution in [-0.2, 0) is 0 Å². The Labute approximate surface area is 110 Å². The minimum Gasteiger partial charge on any atom is -0.496 e. The van der Waals surface area contributed by atoms with E-state index in [2.05, 4.69) is 20.9 Å².